The topological polar surface area (TPSA) is 112 Å². The molecule has 0 fully saturated rings. The lowest BCUT2D eigenvalue weighted by Gasteiger charge is -2.20. The quantitative estimate of drug-likeness (QED) is 0.626. The first-order valence-corrected chi connectivity index (χ1v) is 8.38. The van der Waals surface area contributed by atoms with E-state index in [4.69, 9.17) is 14.9 Å². The fourth-order valence-corrected chi connectivity index (χ4v) is 2.43. The molecule has 0 saturated carbocycles. The third-order valence-corrected chi connectivity index (χ3v) is 3.64. The molecule has 0 radical (unpaired) electrons. The van der Waals surface area contributed by atoms with E-state index in [2.05, 4.69) is 5.32 Å². The SMILES string of the molecule is Cc1cc(=O)oc2cc(NC(=O)[C@@H](N)CCC(=O)OC(C)(C)C)ccc12. The second-order valence-electron chi connectivity index (χ2n) is 7.18. The molecule has 2 aromatic rings. The van der Waals surface area contributed by atoms with Gasteiger partial charge in [-0.25, -0.2) is 4.79 Å². The van der Waals surface area contributed by atoms with E-state index in [1.165, 1.54) is 6.07 Å². The Labute approximate surface area is 151 Å². The van der Waals surface area contributed by atoms with Crippen LogP contribution in [0.1, 0.15) is 39.2 Å². The highest BCUT2D eigenvalue weighted by Gasteiger charge is 2.20. The zero-order valence-corrected chi connectivity index (χ0v) is 15.4. The van der Waals surface area contributed by atoms with Crippen molar-refractivity contribution in [3.05, 3.63) is 40.2 Å². The molecule has 0 bridgehead atoms. The summed E-state index contributed by atoms with van der Waals surface area (Å²) in [5, 5.41) is 3.46. The van der Waals surface area contributed by atoms with E-state index in [1.54, 1.807) is 39.0 Å². The molecule has 1 aromatic carbocycles. The summed E-state index contributed by atoms with van der Waals surface area (Å²) in [6.45, 7) is 7.14. The van der Waals surface area contributed by atoms with Crippen molar-refractivity contribution in [3.63, 3.8) is 0 Å². The van der Waals surface area contributed by atoms with Gasteiger partial charge in [-0.3, -0.25) is 9.59 Å². The maximum absolute atomic E-state index is 12.2. The second-order valence-corrected chi connectivity index (χ2v) is 7.18. The molecular weight excluding hydrogens is 336 g/mol. The molecule has 0 aliphatic rings. The lowest BCUT2D eigenvalue weighted by Crippen LogP contribution is -2.36. The molecule has 7 nitrogen and oxygen atoms in total. The summed E-state index contributed by atoms with van der Waals surface area (Å²) in [4.78, 5) is 35.4. The summed E-state index contributed by atoms with van der Waals surface area (Å²) >= 11 is 0. The number of rotatable bonds is 5. The van der Waals surface area contributed by atoms with E-state index in [1.807, 2.05) is 6.92 Å². The maximum Gasteiger partial charge on any atom is 0.336 e. The molecule has 26 heavy (non-hydrogen) atoms. The van der Waals surface area contributed by atoms with Crippen LogP contribution in [0.2, 0.25) is 0 Å². The minimum Gasteiger partial charge on any atom is -0.460 e. The molecule has 1 amide bonds. The highest BCUT2D eigenvalue weighted by molar-refractivity contribution is 5.96. The molecular formula is C19H24N2O5. The lowest BCUT2D eigenvalue weighted by molar-refractivity contribution is -0.155. The molecule has 0 aliphatic heterocycles. The first-order valence-electron chi connectivity index (χ1n) is 8.38. The Morgan fingerprint density at radius 1 is 1.27 bits per heavy atom. The molecule has 1 heterocycles. The number of nitrogens with two attached hydrogens (primary N) is 1. The van der Waals surface area contributed by atoms with Crippen LogP contribution in [0.25, 0.3) is 11.0 Å². The summed E-state index contributed by atoms with van der Waals surface area (Å²) in [5.74, 6) is -0.827. The number of fused-ring (bicyclic) bond motifs is 1. The van der Waals surface area contributed by atoms with Gasteiger partial charge in [-0.05, 0) is 51.8 Å². The number of ether oxygens (including phenoxy) is 1. The van der Waals surface area contributed by atoms with Crippen molar-refractivity contribution in [2.24, 2.45) is 5.73 Å². The van der Waals surface area contributed by atoms with Crippen LogP contribution < -0.4 is 16.7 Å². The van der Waals surface area contributed by atoms with Gasteiger partial charge >= 0.3 is 11.6 Å². The number of carbonyl (C=O) groups is 2. The van der Waals surface area contributed by atoms with E-state index in [0.717, 1.165) is 10.9 Å². The van der Waals surface area contributed by atoms with Gasteiger partial charge in [0.2, 0.25) is 5.91 Å². The molecule has 1 aromatic heterocycles. The molecule has 0 unspecified atom stereocenters. The molecule has 140 valence electrons. The summed E-state index contributed by atoms with van der Waals surface area (Å²) in [7, 11) is 0. The van der Waals surface area contributed by atoms with E-state index in [9.17, 15) is 14.4 Å². The molecule has 0 saturated heterocycles. The Kier molecular flexibility index (Phi) is 5.82. The number of esters is 1. The predicted octanol–water partition coefficient (Wildman–Crippen LogP) is 2.49. The van der Waals surface area contributed by atoms with Crippen molar-refractivity contribution < 1.29 is 18.7 Å². The molecule has 1 atom stereocenters. The Balaban J connectivity index is 1.99. The normalized spacial score (nSPS) is 12.7. The van der Waals surface area contributed by atoms with Crippen LogP contribution >= 0.6 is 0 Å². The molecule has 7 heteroatoms. The molecule has 0 aliphatic carbocycles. The molecule has 3 N–H and O–H groups in total. The first kappa shape index (κ1) is 19.7. The number of hydrogen-bond acceptors (Lipinski definition) is 6. The maximum atomic E-state index is 12.2. The van der Waals surface area contributed by atoms with Crippen LogP contribution in [0, 0.1) is 6.92 Å². The zero-order chi connectivity index (χ0) is 19.5. The number of anilines is 1. The van der Waals surface area contributed by atoms with Gasteiger partial charge < -0.3 is 20.2 Å². The Bertz CT molecular complexity index is 880. The van der Waals surface area contributed by atoms with Crippen molar-refractivity contribution in [2.45, 2.75) is 52.2 Å². The number of benzene rings is 1. The van der Waals surface area contributed by atoms with Crippen LogP contribution in [-0.4, -0.2) is 23.5 Å². The molecule has 0 spiro atoms. The average Bonchev–Trinajstić information content (AvgIpc) is 2.50. The third-order valence-electron chi connectivity index (χ3n) is 3.64. The van der Waals surface area contributed by atoms with E-state index in [-0.39, 0.29) is 12.8 Å². The van der Waals surface area contributed by atoms with Crippen molar-refractivity contribution in [2.75, 3.05) is 5.32 Å². The predicted molar refractivity (Wildman–Crippen MR) is 98.9 cm³/mol. The third kappa shape index (κ3) is 5.42. The van der Waals surface area contributed by atoms with Crippen LogP contribution in [-0.2, 0) is 14.3 Å². The number of carbonyl (C=O) groups excluding carboxylic acids is 2. The number of aryl methyl sites for hydroxylation is 1. The highest BCUT2D eigenvalue weighted by Crippen LogP contribution is 2.21. The van der Waals surface area contributed by atoms with Crippen LogP contribution in [0.5, 0.6) is 0 Å². The van der Waals surface area contributed by atoms with Gasteiger partial charge in [-0.2, -0.15) is 0 Å². The second kappa shape index (κ2) is 7.70. The van der Waals surface area contributed by atoms with Crippen molar-refractivity contribution in [1.82, 2.24) is 0 Å². The van der Waals surface area contributed by atoms with Crippen LogP contribution in [0.3, 0.4) is 0 Å². The lowest BCUT2D eigenvalue weighted by atomic mass is 10.1. The van der Waals surface area contributed by atoms with E-state index in [0.29, 0.717) is 11.3 Å². The zero-order valence-electron chi connectivity index (χ0n) is 15.4. The summed E-state index contributed by atoms with van der Waals surface area (Å²) in [6.07, 6.45) is 0.222. The Morgan fingerprint density at radius 2 is 1.96 bits per heavy atom. The largest absolute Gasteiger partial charge is 0.460 e. The van der Waals surface area contributed by atoms with Crippen molar-refractivity contribution in [1.29, 1.82) is 0 Å². The summed E-state index contributed by atoms with van der Waals surface area (Å²) in [5.41, 5.74) is 6.46. The number of nitrogens with one attached hydrogen (secondary N) is 1. The smallest absolute Gasteiger partial charge is 0.336 e. The van der Waals surface area contributed by atoms with Crippen molar-refractivity contribution >= 4 is 28.5 Å². The van der Waals surface area contributed by atoms with Crippen LogP contribution in [0.15, 0.2) is 33.5 Å². The minimum absolute atomic E-state index is 0.0532. The Morgan fingerprint density at radius 3 is 2.62 bits per heavy atom. The monoisotopic (exact) mass is 360 g/mol. The standard InChI is InChI=1S/C19H24N2O5/c1-11-9-17(23)25-15-10-12(5-6-13(11)15)21-18(24)14(20)7-8-16(22)26-19(2,3)4/h5-6,9-10,14H,7-8,20H2,1-4H3,(H,21,24)/t14-/m0/s1. The Hall–Kier alpha value is -2.67. The summed E-state index contributed by atoms with van der Waals surface area (Å²) < 4.78 is 10.3. The van der Waals surface area contributed by atoms with Gasteiger partial charge in [0.15, 0.2) is 0 Å². The molecule has 2 rings (SSSR count). The van der Waals surface area contributed by atoms with Gasteiger partial charge in [-0.1, -0.05) is 0 Å². The van der Waals surface area contributed by atoms with Gasteiger partial charge in [0.1, 0.15) is 11.2 Å². The van der Waals surface area contributed by atoms with Gasteiger partial charge in [0.05, 0.1) is 6.04 Å². The van der Waals surface area contributed by atoms with Gasteiger partial charge in [0, 0.05) is 29.6 Å². The van der Waals surface area contributed by atoms with E-state index >= 15 is 0 Å². The fourth-order valence-electron chi connectivity index (χ4n) is 2.43. The fraction of sp³-hybridized carbons (Fsp3) is 0.421. The van der Waals surface area contributed by atoms with Gasteiger partial charge in [0.25, 0.3) is 0 Å². The first-order chi connectivity index (χ1) is 12.0. The van der Waals surface area contributed by atoms with Crippen molar-refractivity contribution in [3.8, 4) is 0 Å². The summed E-state index contributed by atoms with van der Waals surface area (Å²) in [6, 6.07) is 5.58. The van der Waals surface area contributed by atoms with Crippen LogP contribution in [0.4, 0.5) is 5.69 Å². The minimum atomic E-state index is -0.859. The number of amides is 1. The van der Waals surface area contributed by atoms with Gasteiger partial charge in [-0.15, -0.1) is 0 Å². The number of hydrogen-bond donors (Lipinski definition) is 2. The highest BCUT2D eigenvalue weighted by atomic mass is 16.6. The average molecular weight is 360 g/mol. The van der Waals surface area contributed by atoms with E-state index < -0.39 is 29.1 Å².